The molecule has 0 radical (unpaired) electrons. The first kappa shape index (κ1) is 20.8. The minimum absolute atomic E-state index is 0.0265. The monoisotopic (exact) mass is 424 g/mol. The zero-order chi connectivity index (χ0) is 21.3. The Hall–Kier alpha value is -2.89. The second-order valence-corrected chi connectivity index (χ2v) is 6.41. The van der Waals surface area contributed by atoms with Crippen LogP contribution in [-0.4, -0.2) is 22.9 Å². The molecular weight excluding hydrogens is 408 g/mol. The molecule has 0 bridgehead atoms. The normalized spacial score (nSPS) is 16.8. The SMILES string of the molecule is CCOC(=O)C1=C(N)Oc2c(oc(CO)cc2=O)C1c1cc([NH+]([O-])O)ccc1Cl. The van der Waals surface area contributed by atoms with E-state index in [9.17, 15) is 25.1 Å². The molecule has 154 valence electrons. The maximum Gasteiger partial charge on any atom is 0.340 e. The molecule has 0 saturated heterocycles. The van der Waals surface area contributed by atoms with Crippen LogP contribution in [0.1, 0.15) is 29.9 Å². The molecule has 2 unspecified atom stereocenters. The van der Waals surface area contributed by atoms with Crippen LogP contribution in [0, 0.1) is 5.21 Å². The molecule has 2 heterocycles. The van der Waals surface area contributed by atoms with Gasteiger partial charge in [-0.25, -0.2) is 10.0 Å². The van der Waals surface area contributed by atoms with Crippen LogP contribution >= 0.6 is 11.6 Å². The van der Waals surface area contributed by atoms with E-state index in [1.807, 2.05) is 0 Å². The van der Waals surface area contributed by atoms with Crippen molar-refractivity contribution in [2.45, 2.75) is 19.4 Å². The van der Waals surface area contributed by atoms with Gasteiger partial charge in [0.1, 0.15) is 17.9 Å². The molecule has 10 nitrogen and oxygen atoms in total. The van der Waals surface area contributed by atoms with Crippen LogP contribution in [0.25, 0.3) is 0 Å². The molecule has 2 aromatic rings. The summed E-state index contributed by atoms with van der Waals surface area (Å²) in [5.74, 6) is -2.98. The zero-order valence-electron chi connectivity index (χ0n) is 15.1. The maximum atomic E-state index is 12.6. The molecule has 5 N–H and O–H groups in total. The summed E-state index contributed by atoms with van der Waals surface area (Å²) in [5, 5.41) is 29.0. The molecule has 29 heavy (non-hydrogen) atoms. The van der Waals surface area contributed by atoms with E-state index in [0.29, 0.717) is 0 Å². The fourth-order valence-corrected chi connectivity index (χ4v) is 3.21. The Bertz CT molecular complexity index is 1050. The number of nitrogens with two attached hydrogens (primary N) is 1. The summed E-state index contributed by atoms with van der Waals surface area (Å²) in [6.45, 7) is 1.02. The van der Waals surface area contributed by atoms with E-state index in [0.717, 1.165) is 6.07 Å². The quantitative estimate of drug-likeness (QED) is 0.394. The Morgan fingerprint density at radius 3 is 2.76 bits per heavy atom. The van der Waals surface area contributed by atoms with Gasteiger partial charge >= 0.3 is 5.97 Å². The van der Waals surface area contributed by atoms with Crippen molar-refractivity contribution in [1.29, 1.82) is 0 Å². The number of quaternary nitrogens is 1. The van der Waals surface area contributed by atoms with Crippen molar-refractivity contribution >= 4 is 23.3 Å². The lowest BCUT2D eigenvalue weighted by atomic mass is 9.86. The van der Waals surface area contributed by atoms with Gasteiger partial charge in [0.15, 0.2) is 11.4 Å². The van der Waals surface area contributed by atoms with E-state index in [4.69, 9.17) is 31.2 Å². The summed E-state index contributed by atoms with van der Waals surface area (Å²) < 4.78 is 15.9. The van der Waals surface area contributed by atoms with Gasteiger partial charge in [-0.1, -0.05) is 11.6 Å². The number of halogens is 1. The number of benzene rings is 1. The Morgan fingerprint density at radius 2 is 2.14 bits per heavy atom. The summed E-state index contributed by atoms with van der Waals surface area (Å²) >= 11 is 6.29. The van der Waals surface area contributed by atoms with Crippen LogP contribution in [-0.2, 0) is 16.1 Å². The van der Waals surface area contributed by atoms with E-state index < -0.39 is 35.0 Å². The highest BCUT2D eigenvalue weighted by molar-refractivity contribution is 6.31. The Kier molecular flexibility index (Phi) is 5.91. The summed E-state index contributed by atoms with van der Waals surface area (Å²) in [6.07, 6.45) is 0. The van der Waals surface area contributed by atoms with E-state index >= 15 is 0 Å². The maximum absolute atomic E-state index is 12.6. The third-order valence-electron chi connectivity index (χ3n) is 4.21. The number of fused-ring (bicyclic) bond motifs is 1. The molecule has 1 aromatic carbocycles. The summed E-state index contributed by atoms with van der Waals surface area (Å²) in [6, 6.07) is 4.88. The van der Waals surface area contributed by atoms with Crippen molar-refractivity contribution in [2.24, 2.45) is 5.73 Å². The fraction of sp³-hybridized carbons (Fsp3) is 0.222. The molecular formula is C18H17ClN2O8. The summed E-state index contributed by atoms with van der Waals surface area (Å²) in [7, 11) is 0. The third-order valence-corrected chi connectivity index (χ3v) is 4.56. The molecule has 0 fully saturated rings. The number of carbonyl (C=O) groups excluding carboxylic acids is 1. The molecule has 2 atom stereocenters. The highest BCUT2D eigenvalue weighted by Crippen LogP contribution is 2.44. The second-order valence-electron chi connectivity index (χ2n) is 6.00. The number of rotatable bonds is 5. The summed E-state index contributed by atoms with van der Waals surface area (Å²) in [4.78, 5) is 25.0. The molecule has 1 aromatic heterocycles. The molecule has 1 aliphatic heterocycles. The number of carbonyl (C=O) groups is 1. The topological polar surface area (TPSA) is 160 Å². The number of ether oxygens (including phenoxy) is 2. The van der Waals surface area contributed by atoms with Gasteiger partial charge < -0.3 is 29.9 Å². The van der Waals surface area contributed by atoms with Gasteiger partial charge in [-0.05, 0) is 18.6 Å². The second kappa shape index (κ2) is 8.23. The van der Waals surface area contributed by atoms with Gasteiger partial charge in [0, 0.05) is 23.2 Å². The van der Waals surface area contributed by atoms with Crippen molar-refractivity contribution < 1.29 is 34.2 Å². The van der Waals surface area contributed by atoms with Crippen LogP contribution in [0.15, 0.2) is 44.9 Å². The van der Waals surface area contributed by atoms with Crippen LogP contribution in [0.5, 0.6) is 5.75 Å². The molecule has 11 heteroatoms. The van der Waals surface area contributed by atoms with Crippen molar-refractivity contribution in [3.05, 3.63) is 73.3 Å². The van der Waals surface area contributed by atoms with Gasteiger partial charge in [-0.15, -0.1) is 0 Å². The van der Waals surface area contributed by atoms with Crippen LogP contribution in [0.4, 0.5) is 5.69 Å². The lowest BCUT2D eigenvalue weighted by molar-refractivity contribution is -0.991. The molecule has 1 aliphatic rings. The van der Waals surface area contributed by atoms with E-state index in [-0.39, 0.29) is 45.7 Å². The van der Waals surface area contributed by atoms with E-state index in [1.54, 1.807) is 6.92 Å². The first-order chi connectivity index (χ1) is 13.8. The average molecular weight is 425 g/mol. The van der Waals surface area contributed by atoms with Gasteiger partial charge in [0.05, 0.1) is 12.5 Å². The minimum Gasteiger partial charge on any atom is -0.595 e. The molecule has 0 aliphatic carbocycles. The lowest BCUT2D eigenvalue weighted by Gasteiger charge is -2.27. The van der Waals surface area contributed by atoms with Gasteiger partial charge in [-0.3, -0.25) is 4.79 Å². The standard InChI is InChI=1S/C18H17ClN2O8/c1-2-27-18(24)14-13(10-5-8(21(25)26)3-4-11(10)19)16-15(29-17(14)20)12(23)6-9(7-22)28-16/h3-6,13,21-22,25H,2,7,20H2,1H3. The van der Waals surface area contributed by atoms with Crippen molar-refractivity contribution in [2.75, 3.05) is 6.61 Å². The number of nitrogens with one attached hydrogen (secondary N) is 1. The highest BCUT2D eigenvalue weighted by atomic mass is 35.5. The van der Waals surface area contributed by atoms with Gasteiger partial charge in [-0.2, -0.15) is 5.23 Å². The largest absolute Gasteiger partial charge is 0.595 e. The highest BCUT2D eigenvalue weighted by Gasteiger charge is 2.40. The number of esters is 1. The number of hydrogen-bond donors (Lipinski definition) is 4. The van der Waals surface area contributed by atoms with Crippen molar-refractivity contribution in [3.63, 3.8) is 0 Å². The number of aliphatic hydroxyl groups excluding tert-OH is 1. The van der Waals surface area contributed by atoms with Gasteiger partial charge in [0.2, 0.25) is 17.1 Å². The Labute approximate surface area is 168 Å². The van der Waals surface area contributed by atoms with Crippen LogP contribution in [0.2, 0.25) is 5.02 Å². The van der Waals surface area contributed by atoms with Crippen LogP contribution in [0.3, 0.4) is 0 Å². The smallest absolute Gasteiger partial charge is 0.340 e. The predicted octanol–water partition coefficient (Wildman–Crippen LogP) is 0.447. The summed E-state index contributed by atoms with van der Waals surface area (Å²) in [5.41, 5.74) is 5.09. The number of hydrogen-bond acceptors (Lipinski definition) is 9. The molecule has 0 spiro atoms. The zero-order valence-corrected chi connectivity index (χ0v) is 15.9. The first-order valence-corrected chi connectivity index (χ1v) is 8.81. The first-order valence-electron chi connectivity index (χ1n) is 8.43. The molecule has 0 saturated carbocycles. The predicted molar refractivity (Wildman–Crippen MR) is 98.4 cm³/mol. The van der Waals surface area contributed by atoms with Crippen molar-refractivity contribution in [1.82, 2.24) is 0 Å². The van der Waals surface area contributed by atoms with Gasteiger partial charge in [0.25, 0.3) is 0 Å². The lowest BCUT2D eigenvalue weighted by Crippen LogP contribution is -2.99. The van der Waals surface area contributed by atoms with Crippen LogP contribution < -0.4 is 21.1 Å². The fourth-order valence-electron chi connectivity index (χ4n) is 2.98. The average Bonchev–Trinajstić information content (AvgIpc) is 2.68. The number of aliphatic hydroxyl groups is 1. The van der Waals surface area contributed by atoms with Crippen molar-refractivity contribution in [3.8, 4) is 5.75 Å². The Balaban J connectivity index is 2.33. The minimum atomic E-state index is -1.23. The molecule has 0 amide bonds. The Morgan fingerprint density at radius 1 is 1.41 bits per heavy atom. The van der Waals surface area contributed by atoms with E-state index in [1.165, 1.54) is 18.2 Å². The van der Waals surface area contributed by atoms with E-state index in [2.05, 4.69) is 0 Å². The molecule has 3 rings (SSSR count). The third kappa shape index (κ3) is 3.84.